The van der Waals surface area contributed by atoms with E-state index in [1.807, 2.05) is 0 Å². The van der Waals surface area contributed by atoms with Gasteiger partial charge in [-0.1, -0.05) is 0 Å². The number of carbonyl (C=O) groups is 1. The smallest absolute Gasteiger partial charge is 0.327 e. The molecule has 1 aliphatic heterocycles. The second-order valence-electron chi connectivity index (χ2n) is 5.98. The number of hydrogen-bond acceptors (Lipinski definition) is 6. The molecule has 0 saturated carbocycles. The Kier molecular flexibility index (Phi) is 3.77. The fourth-order valence-corrected chi connectivity index (χ4v) is 3.21. The van der Waals surface area contributed by atoms with Crippen LogP contribution in [0.5, 0.6) is 0 Å². The fraction of sp³-hybridized carbons (Fsp3) is 0.312. The summed E-state index contributed by atoms with van der Waals surface area (Å²) in [5, 5.41) is 3.27. The van der Waals surface area contributed by atoms with Crippen LogP contribution in [0.15, 0.2) is 29.3 Å². The Balaban J connectivity index is 1.98. The molecule has 9 nitrogen and oxygen atoms in total. The molecular weight excluding hydrogens is 322 g/mol. The van der Waals surface area contributed by atoms with Crippen LogP contribution in [0, 0.1) is 0 Å². The minimum Gasteiger partial charge on any atom is -0.364 e. The highest BCUT2D eigenvalue weighted by atomic mass is 16.2. The van der Waals surface area contributed by atoms with Crippen molar-refractivity contribution in [3.8, 4) is 11.4 Å². The number of hydrogen-bond donors (Lipinski definition) is 3. The predicted octanol–water partition coefficient (Wildman–Crippen LogP) is 0.205. The molecule has 4 heterocycles. The van der Waals surface area contributed by atoms with Gasteiger partial charge in [-0.2, -0.15) is 0 Å². The van der Waals surface area contributed by atoms with Crippen molar-refractivity contribution in [1.82, 2.24) is 29.8 Å². The van der Waals surface area contributed by atoms with Gasteiger partial charge in [-0.25, -0.2) is 14.8 Å². The minimum atomic E-state index is -0.712. The van der Waals surface area contributed by atoms with Crippen molar-refractivity contribution in [2.75, 3.05) is 13.1 Å². The van der Waals surface area contributed by atoms with E-state index in [9.17, 15) is 9.59 Å². The Labute approximate surface area is 142 Å². The van der Waals surface area contributed by atoms with Crippen LogP contribution in [0.25, 0.3) is 22.6 Å². The van der Waals surface area contributed by atoms with Gasteiger partial charge >= 0.3 is 5.69 Å². The molecule has 128 valence electrons. The first-order chi connectivity index (χ1) is 12.1. The van der Waals surface area contributed by atoms with Crippen molar-refractivity contribution in [3.05, 3.63) is 40.7 Å². The highest BCUT2D eigenvalue weighted by molar-refractivity contribution is 6.01. The molecule has 0 unspecified atom stereocenters. The SMILES string of the molecule is NC(=O)c1nc(-c2cccnc2)nc2c1[nH]c(=O)n2C1CCNCC1. The Morgan fingerprint density at radius 2 is 2.08 bits per heavy atom. The topological polar surface area (TPSA) is 132 Å². The summed E-state index contributed by atoms with van der Waals surface area (Å²) in [7, 11) is 0. The highest BCUT2D eigenvalue weighted by Crippen LogP contribution is 2.24. The van der Waals surface area contributed by atoms with Crippen LogP contribution in [0.4, 0.5) is 0 Å². The number of primary amides is 1. The molecule has 0 bridgehead atoms. The van der Waals surface area contributed by atoms with Gasteiger partial charge in [0.25, 0.3) is 5.91 Å². The number of fused-ring (bicyclic) bond motifs is 1. The van der Waals surface area contributed by atoms with E-state index < -0.39 is 5.91 Å². The monoisotopic (exact) mass is 339 g/mol. The van der Waals surface area contributed by atoms with Gasteiger partial charge in [-0.3, -0.25) is 14.3 Å². The fourth-order valence-electron chi connectivity index (χ4n) is 3.21. The number of carbonyl (C=O) groups excluding carboxylic acids is 1. The van der Waals surface area contributed by atoms with Gasteiger partial charge in [0, 0.05) is 24.0 Å². The number of aromatic nitrogens is 5. The number of aromatic amines is 1. The standard InChI is InChI=1S/C16H17N7O2/c17-13(24)11-12-15(22-14(20-11)9-2-1-5-19-8-9)23(16(25)21-12)10-3-6-18-7-4-10/h1-2,5,8,10,18H,3-4,6-7H2,(H2,17,24)(H,21,25). The van der Waals surface area contributed by atoms with Gasteiger partial charge in [0.2, 0.25) is 0 Å². The Hall–Kier alpha value is -3.07. The molecule has 9 heteroatoms. The van der Waals surface area contributed by atoms with Gasteiger partial charge in [0.05, 0.1) is 0 Å². The molecule has 0 spiro atoms. The lowest BCUT2D eigenvalue weighted by molar-refractivity contribution is 0.0997. The van der Waals surface area contributed by atoms with E-state index in [4.69, 9.17) is 5.73 Å². The van der Waals surface area contributed by atoms with Gasteiger partial charge in [-0.05, 0) is 38.1 Å². The molecule has 25 heavy (non-hydrogen) atoms. The van der Waals surface area contributed by atoms with Crippen LogP contribution in [0.2, 0.25) is 0 Å². The van der Waals surface area contributed by atoms with Gasteiger partial charge in [-0.15, -0.1) is 0 Å². The minimum absolute atomic E-state index is 0.00800. The van der Waals surface area contributed by atoms with Crippen LogP contribution in [-0.4, -0.2) is 43.5 Å². The lowest BCUT2D eigenvalue weighted by atomic mass is 10.1. The number of pyridine rings is 1. The zero-order chi connectivity index (χ0) is 17.4. The van der Waals surface area contributed by atoms with E-state index in [0.717, 1.165) is 25.9 Å². The van der Waals surface area contributed by atoms with Gasteiger partial charge < -0.3 is 16.0 Å². The number of nitrogens with zero attached hydrogens (tertiary/aromatic N) is 4. The van der Waals surface area contributed by atoms with E-state index in [1.54, 1.807) is 29.1 Å². The molecule has 3 aromatic heterocycles. The molecule has 3 aromatic rings. The number of nitrogens with two attached hydrogens (primary N) is 1. The normalized spacial score (nSPS) is 15.5. The van der Waals surface area contributed by atoms with Gasteiger partial charge in [0.15, 0.2) is 17.2 Å². The van der Waals surface area contributed by atoms with Crippen LogP contribution in [0.1, 0.15) is 29.4 Å². The molecule has 1 amide bonds. The summed E-state index contributed by atoms with van der Waals surface area (Å²) in [4.78, 5) is 39.9. The summed E-state index contributed by atoms with van der Waals surface area (Å²) >= 11 is 0. The Morgan fingerprint density at radius 3 is 2.76 bits per heavy atom. The first kappa shape index (κ1) is 15.5. The first-order valence-corrected chi connectivity index (χ1v) is 8.08. The third kappa shape index (κ3) is 2.68. The number of imidazole rings is 1. The van der Waals surface area contributed by atoms with Crippen molar-refractivity contribution in [2.45, 2.75) is 18.9 Å². The number of amides is 1. The van der Waals surface area contributed by atoms with Crippen molar-refractivity contribution in [1.29, 1.82) is 0 Å². The van der Waals surface area contributed by atoms with E-state index >= 15 is 0 Å². The van der Waals surface area contributed by atoms with Crippen molar-refractivity contribution in [3.63, 3.8) is 0 Å². The molecule has 0 aromatic carbocycles. The van der Waals surface area contributed by atoms with E-state index in [-0.39, 0.29) is 22.9 Å². The summed E-state index contributed by atoms with van der Waals surface area (Å²) in [6.45, 7) is 1.65. The number of H-pyrrole nitrogens is 1. The highest BCUT2D eigenvalue weighted by Gasteiger charge is 2.24. The number of piperidine rings is 1. The number of nitrogens with one attached hydrogen (secondary N) is 2. The molecule has 0 aliphatic carbocycles. The van der Waals surface area contributed by atoms with Crippen molar-refractivity contribution < 1.29 is 4.79 Å². The van der Waals surface area contributed by atoms with Crippen LogP contribution < -0.4 is 16.7 Å². The summed E-state index contributed by atoms with van der Waals surface area (Å²) in [6, 6.07) is 3.56. The van der Waals surface area contributed by atoms with E-state index in [2.05, 4.69) is 25.3 Å². The van der Waals surface area contributed by atoms with Crippen LogP contribution in [0.3, 0.4) is 0 Å². The van der Waals surface area contributed by atoms with E-state index in [0.29, 0.717) is 17.0 Å². The lowest BCUT2D eigenvalue weighted by Crippen LogP contribution is -2.33. The molecule has 1 fully saturated rings. The molecule has 4 rings (SSSR count). The molecule has 1 saturated heterocycles. The molecule has 4 N–H and O–H groups in total. The third-order valence-corrected chi connectivity index (χ3v) is 4.40. The summed E-state index contributed by atoms with van der Waals surface area (Å²) in [6.07, 6.45) is 4.86. The molecule has 0 radical (unpaired) electrons. The Bertz CT molecular complexity index is 987. The average Bonchev–Trinajstić information content (AvgIpc) is 2.98. The zero-order valence-electron chi connectivity index (χ0n) is 13.4. The van der Waals surface area contributed by atoms with E-state index in [1.165, 1.54) is 0 Å². The third-order valence-electron chi connectivity index (χ3n) is 4.40. The number of rotatable bonds is 3. The second kappa shape index (κ2) is 6.10. The summed E-state index contributed by atoms with van der Waals surface area (Å²) in [5.41, 5.74) is 6.52. The maximum absolute atomic E-state index is 12.5. The summed E-state index contributed by atoms with van der Waals surface area (Å²) < 4.78 is 1.62. The van der Waals surface area contributed by atoms with Crippen molar-refractivity contribution in [2.24, 2.45) is 5.73 Å². The van der Waals surface area contributed by atoms with Crippen molar-refractivity contribution >= 4 is 17.1 Å². The maximum atomic E-state index is 12.5. The predicted molar refractivity (Wildman–Crippen MR) is 91.0 cm³/mol. The average molecular weight is 339 g/mol. The molecular formula is C16H17N7O2. The maximum Gasteiger partial charge on any atom is 0.327 e. The lowest BCUT2D eigenvalue weighted by Gasteiger charge is -2.23. The quantitative estimate of drug-likeness (QED) is 0.625. The van der Waals surface area contributed by atoms with Crippen LogP contribution >= 0.6 is 0 Å². The summed E-state index contributed by atoms with van der Waals surface area (Å²) in [5.74, 6) is -0.396. The molecule has 1 aliphatic rings. The molecule has 0 atom stereocenters. The zero-order valence-corrected chi connectivity index (χ0v) is 13.4. The Morgan fingerprint density at radius 1 is 1.28 bits per heavy atom. The first-order valence-electron chi connectivity index (χ1n) is 8.08. The largest absolute Gasteiger partial charge is 0.364 e. The second-order valence-corrected chi connectivity index (χ2v) is 5.98. The van der Waals surface area contributed by atoms with Gasteiger partial charge in [0.1, 0.15) is 5.52 Å². The van der Waals surface area contributed by atoms with Crippen LogP contribution in [-0.2, 0) is 0 Å².